The van der Waals surface area contributed by atoms with Gasteiger partial charge in [-0.15, -0.1) is 6.58 Å². The van der Waals surface area contributed by atoms with Gasteiger partial charge >= 0.3 is 0 Å². The number of para-hydroxylation sites is 2. The van der Waals surface area contributed by atoms with E-state index >= 15 is 0 Å². The predicted molar refractivity (Wildman–Crippen MR) is 183 cm³/mol. The van der Waals surface area contributed by atoms with Crippen molar-refractivity contribution in [1.82, 2.24) is 20.2 Å². The maximum Gasteiger partial charge on any atom is 0.271 e. The van der Waals surface area contributed by atoms with Crippen molar-refractivity contribution in [3.05, 3.63) is 144 Å². The second kappa shape index (κ2) is 14.8. The number of rotatable bonds is 11. The SMILES string of the molecule is C=CCN(C)CC1OC(c2ccc(-c3cccc(CNC(=O)c4cnc5ccccc5n4)c3)cc2)OC(c2ccc(CO)cc2)C1C. The van der Waals surface area contributed by atoms with Crippen LogP contribution in [0.1, 0.15) is 52.1 Å². The minimum Gasteiger partial charge on any atom is -0.392 e. The number of aliphatic hydroxyl groups excluding tert-OH is 1. The number of nitrogens with zero attached hydrogens (tertiary/aromatic N) is 3. The molecule has 6 rings (SSSR count). The Kier molecular flexibility index (Phi) is 10.1. The molecule has 2 N–H and O–H groups in total. The van der Waals surface area contributed by atoms with Crippen molar-refractivity contribution in [2.75, 3.05) is 20.1 Å². The first-order valence-corrected chi connectivity index (χ1v) is 15.9. The van der Waals surface area contributed by atoms with Gasteiger partial charge in [-0.2, -0.15) is 0 Å². The molecule has 1 aliphatic rings. The number of benzene rings is 4. The first-order chi connectivity index (χ1) is 22.9. The highest BCUT2D eigenvalue weighted by molar-refractivity contribution is 5.93. The molecule has 4 unspecified atom stereocenters. The largest absolute Gasteiger partial charge is 0.392 e. The lowest BCUT2D eigenvalue weighted by atomic mass is 9.90. The summed E-state index contributed by atoms with van der Waals surface area (Å²) in [5.41, 5.74) is 7.66. The number of nitrogens with one attached hydrogen (secondary N) is 1. The molecular weight excluding hydrogens is 588 g/mol. The molecule has 47 heavy (non-hydrogen) atoms. The van der Waals surface area contributed by atoms with E-state index in [9.17, 15) is 9.90 Å². The summed E-state index contributed by atoms with van der Waals surface area (Å²) in [7, 11) is 2.07. The molecule has 2 heterocycles. The van der Waals surface area contributed by atoms with Gasteiger partial charge in [0, 0.05) is 31.1 Å². The predicted octanol–water partition coefficient (Wildman–Crippen LogP) is 6.63. The van der Waals surface area contributed by atoms with E-state index in [0.29, 0.717) is 12.1 Å². The van der Waals surface area contributed by atoms with Crippen LogP contribution >= 0.6 is 0 Å². The van der Waals surface area contributed by atoms with Gasteiger partial charge in [-0.3, -0.25) is 9.78 Å². The van der Waals surface area contributed by atoms with Gasteiger partial charge in [0.1, 0.15) is 5.69 Å². The minimum atomic E-state index is -0.537. The summed E-state index contributed by atoms with van der Waals surface area (Å²) in [5, 5.41) is 12.5. The van der Waals surface area contributed by atoms with E-state index in [-0.39, 0.29) is 36.3 Å². The van der Waals surface area contributed by atoms with Crippen LogP contribution in [0.3, 0.4) is 0 Å². The number of carbonyl (C=O) groups excluding carboxylic acids is 1. The highest BCUT2D eigenvalue weighted by atomic mass is 16.7. The van der Waals surface area contributed by atoms with Crippen LogP contribution in [0.4, 0.5) is 0 Å². The van der Waals surface area contributed by atoms with Gasteiger partial charge in [0.25, 0.3) is 5.91 Å². The Morgan fingerprint density at radius 2 is 1.66 bits per heavy atom. The smallest absolute Gasteiger partial charge is 0.271 e. The molecule has 0 radical (unpaired) electrons. The van der Waals surface area contributed by atoms with Crippen molar-refractivity contribution in [1.29, 1.82) is 0 Å². The van der Waals surface area contributed by atoms with Gasteiger partial charge in [-0.05, 0) is 53.1 Å². The Hall–Kier alpha value is -4.73. The standard InChI is InChI=1S/C39H40N4O4/c1-4-20-43(3)24-36-26(2)37(30-14-12-27(25-44)13-15-30)47-39(46-36)31-18-16-29(17-19-31)32-9-7-8-28(21-32)22-41-38(45)35-23-40-33-10-5-6-11-34(33)42-35/h4-19,21,23,26,36-37,39,44H,1,20,22,24-25H2,2-3H3,(H,41,45). The first kappa shape index (κ1) is 32.2. The van der Waals surface area contributed by atoms with Crippen molar-refractivity contribution in [2.24, 2.45) is 5.92 Å². The zero-order valence-corrected chi connectivity index (χ0v) is 26.8. The molecule has 1 fully saturated rings. The van der Waals surface area contributed by atoms with E-state index in [1.807, 2.05) is 66.7 Å². The number of aromatic nitrogens is 2. The lowest BCUT2D eigenvalue weighted by molar-refractivity contribution is -0.275. The number of ether oxygens (including phenoxy) is 2. The minimum absolute atomic E-state index is 0.00642. The number of aliphatic hydroxyl groups is 1. The Labute approximate surface area is 275 Å². The number of amides is 1. The molecule has 0 aliphatic carbocycles. The van der Waals surface area contributed by atoms with Gasteiger partial charge in [-0.25, -0.2) is 4.98 Å². The fourth-order valence-corrected chi connectivity index (χ4v) is 5.96. The molecule has 1 amide bonds. The van der Waals surface area contributed by atoms with Crippen LogP contribution in [0.25, 0.3) is 22.2 Å². The molecule has 0 spiro atoms. The van der Waals surface area contributed by atoms with Gasteiger partial charge < -0.3 is 24.8 Å². The molecule has 4 atom stereocenters. The lowest BCUT2D eigenvalue weighted by Crippen LogP contribution is -2.43. The molecular formula is C39H40N4O4. The average molecular weight is 629 g/mol. The third kappa shape index (κ3) is 7.64. The molecule has 1 aliphatic heterocycles. The van der Waals surface area contributed by atoms with Crippen molar-refractivity contribution in [3.63, 3.8) is 0 Å². The highest BCUT2D eigenvalue weighted by Crippen LogP contribution is 2.42. The topological polar surface area (TPSA) is 96.8 Å². The molecule has 4 aromatic carbocycles. The van der Waals surface area contributed by atoms with E-state index in [1.165, 1.54) is 6.20 Å². The van der Waals surface area contributed by atoms with E-state index in [4.69, 9.17) is 9.47 Å². The van der Waals surface area contributed by atoms with Crippen molar-refractivity contribution in [3.8, 4) is 11.1 Å². The zero-order valence-electron chi connectivity index (χ0n) is 26.8. The van der Waals surface area contributed by atoms with Crippen molar-refractivity contribution in [2.45, 2.75) is 38.6 Å². The van der Waals surface area contributed by atoms with Crippen LogP contribution in [-0.4, -0.2) is 52.1 Å². The number of fused-ring (bicyclic) bond motifs is 1. The van der Waals surface area contributed by atoms with Gasteiger partial charge in [0.2, 0.25) is 0 Å². The van der Waals surface area contributed by atoms with E-state index in [1.54, 1.807) is 0 Å². The zero-order chi connectivity index (χ0) is 32.8. The van der Waals surface area contributed by atoms with Crippen LogP contribution in [0, 0.1) is 5.92 Å². The number of likely N-dealkylation sites (N-methyl/N-ethyl adjacent to an activating group) is 1. The third-order valence-electron chi connectivity index (χ3n) is 8.63. The van der Waals surface area contributed by atoms with E-state index in [0.717, 1.165) is 52.0 Å². The van der Waals surface area contributed by atoms with Gasteiger partial charge in [0.05, 0.1) is 36.0 Å². The fraction of sp³-hybridized carbons (Fsp3) is 0.256. The summed E-state index contributed by atoms with van der Waals surface area (Å²) >= 11 is 0. The van der Waals surface area contributed by atoms with Gasteiger partial charge in [-0.1, -0.05) is 91.9 Å². The van der Waals surface area contributed by atoms with E-state index in [2.05, 4.69) is 77.1 Å². The Balaban J connectivity index is 1.16. The molecule has 8 nitrogen and oxygen atoms in total. The third-order valence-corrected chi connectivity index (χ3v) is 8.63. The molecule has 240 valence electrons. The fourth-order valence-electron chi connectivity index (χ4n) is 5.96. The normalized spacial score (nSPS) is 19.5. The summed E-state index contributed by atoms with van der Waals surface area (Å²) in [5.74, 6) is -0.161. The van der Waals surface area contributed by atoms with E-state index < -0.39 is 6.29 Å². The van der Waals surface area contributed by atoms with Crippen molar-refractivity contribution < 1.29 is 19.4 Å². The van der Waals surface area contributed by atoms with Gasteiger partial charge in [0.15, 0.2) is 6.29 Å². The Morgan fingerprint density at radius 3 is 2.40 bits per heavy atom. The summed E-state index contributed by atoms with van der Waals surface area (Å²) in [6, 6.07) is 31.8. The summed E-state index contributed by atoms with van der Waals surface area (Å²) < 4.78 is 13.2. The van der Waals surface area contributed by atoms with Crippen LogP contribution in [0.2, 0.25) is 0 Å². The van der Waals surface area contributed by atoms with Crippen LogP contribution in [-0.2, 0) is 22.6 Å². The summed E-state index contributed by atoms with van der Waals surface area (Å²) in [6.45, 7) is 7.93. The van der Waals surface area contributed by atoms with Crippen LogP contribution in [0.15, 0.2) is 116 Å². The van der Waals surface area contributed by atoms with Crippen LogP contribution in [0.5, 0.6) is 0 Å². The molecule has 0 saturated carbocycles. The number of hydrogen-bond donors (Lipinski definition) is 2. The quantitative estimate of drug-likeness (QED) is 0.159. The monoisotopic (exact) mass is 628 g/mol. The van der Waals surface area contributed by atoms with Crippen molar-refractivity contribution >= 4 is 16.9 Å². The average Bonchev–Trinajstić information content (AvgIpc) is 3.11. The van der Waals surface area contributed by atoms with Crippen LogP contribution < -0.4 is 5.32 Å². The maximum absolute atomic E-state index is 12.8. The Bertz CT molecular complexity index is 1830. The highest BCUT2D eigenvalue weighted by Gasteiger charge is 2.38. The number of carbonyl (C=O) groups is 1. The first-order valence-electron chi connectivity index (χ1n) is 15.9. The summed E-state index contributed by atoms with van der Waals surface area (Å²) in [6.07, 6.45) is 2.63. The lowest BCUT2D eigenvalue weighted by Gasteiger charge is -2.42. The Morgan fingerprint density at radius 1 is 0.915 bits per heavy atom. The summed E-state index contributed by atoms with van der Waals surface area (Å²) in [4.78, 5) is 23.8. The second-order valence-electron chi connectivity index (χ2n) is 12.1. The molecule has 8 heteroatoms. The molecule has 5 aromatic rings. The molecule has 1 aromatic heterocycles. The second-order valence-corrected chi connectivity index (χ2v) is 12.1. The molecule has 0 bridgehead atoms. The molecule has 1 saturated heterocycles. The maximum atomic E-state index is 12.8. The number of hydrogen-bond acceptors (Lipinski definition) is 7.